The van der Waals surface area contributed by atoms with Gasteiger partial charge in [0.2, 0.25) is 5.13 Å². The Morgan fingerprint density at radius 2 is 1.88 bits per heavy atom. The van der Waals surface area contributed by atoms with E-state index in [4.69, 9.17) is 9.15 Å². The van der Waals surface area contributed by atoms with Crippen molar-refractivity contribution in [1.82, 2.24) is 4.98 Å². The number of thiazole rings is 1. The highest BCUT2D eigenvalue weighted by Crippen LogP contribution is 2.32. The zero-order valence-corrected chi connectivity index (χ0v) is 17.6. The normalized spacial score (nSPS) is 11.1. The van der Waals surface area contributed by atoms with E-state index in [9.17, 15) is 25.0 Å². The minimum Gasteiger partial charge on any atom is -0.497 e. The summed E-state index contributed by atoms with van der Waals surface area (Å²) in [6.45, 7) is 0. The Kier molecular flexibility index (Phi) is 5.78. The van der Waals surface area contributed by atoms with Gasteiger partial charge in [0.1, 0.15) is 10.7 Å². The highest BCUT2D eigenvalue weighted by atomic mass is 32.1. The van der Waals surface area contributed by atoms with Crippen molar-refractivity contribution in [2.75, 3.05) is 12.1 Å². The summed E-state index contributed by atoms with van der Waals surface area (Å²) in [6.07, 6.45) is 1.14. The number of rotatable bonds is 7. The Morgan fingerprint density at radius 1 is 1.12 bits per heavy atom. The SMILES string of the molecule is COc1ccc2nc(N(/N=C/c3ccc([N+](=O)[O-])o3)C(=O)c3ccc([N+](=O)[O-])cc3)sc2c1. The number of benzene rings is 2. The zero-order chi connectivity index (χ0) is 23.5. The van der Waals surface area contributed by atoms with Crippen molar-refractivity contribution in [1.29, 1.82) is 0 Å². The van der Waals surface area contributed by atoms with Crippen molar-refractivity contribution < 1.29 is 23.8 Å². The number of nitrogens with zero attached hydrogens (tertiary/aromatic N) is 5. The minimum atomic E-state index is -0.696. The van der Waals surface area contributed by atoms with Crippen LogP contribution >= 0.6 is 11.3 Å². The smallest absolute Gasteiger partial charge is 0.433 e. The van der Waals surface area contributed by atoms with Crippen LogP contribution in [-0.2, 0) is 0 Å². The number of methoxy groups -OCH3 is 1. The molecule has 0 saturated carbocycles. The molecule has 0 spiro atoms. The van der Waals surface area contributed by atoms with Gasteiger partial charge in [-0.25, -0.2) is 4.98 Å². The number of carbonyl (C=O) groups excluding carboxylic acids is 1. The van der Waals surface area contributed by atoms with Crippen molar-refractivity contribution >= 4 is 50.4 Å². The Hall–Kier alpha value is -4.65. The number of nitro groups is 2. The van der Waals surface area contributed by atoms with Gasteiger partial charge in [0.25, 0.3) is 11.6 Å². The average Bonchev–Trinajstić information content (AvgIpc) is 3.46. The van der Waals surface area contributed by atoms with Crippen LogP contribution in [0.5, 0.6) is 5.75 Å². The zero-order valence-electron chi connectivity index (χ0n) is 16.8. The molecule has 0 bridgehead atoms. The largest absolute Gasteiger partial charge is 0.497 e. The lowest BCUT2D eigenvalue weighted by atomic mass is 10.2. The van der Waals surface area contributed by atoms with Gasteiger partial charge in [-0.3, -0.25) is 25.0 Å². The Balaban J connectivity index is 1.73. The van der Waals surface area contributed by atoms with Crippen LogP contribution < -0.4 is 9.75 Å². The van der Waals surface area contributed by atoms with Gasteiger partial charge < -0.3 is 9.15 Å². The number of hydrogen-bond donors (Lipinski definition) is 0. The lowest BCUT2D eigenvalue weighted by Gasteiger charge is -2.13. The topological polar surface area (TPSA) is 154 Å². The third-order valence-electron chi connectivity index (χ3n) is 4.38. The second-order valence-electron chi connectivity index (χ2n) is 6.43. The van der Waals surface area contributed by atoms with E-state index in [0.717, 1.165) is 33.3 Å². The summed E-state index contributed by atoms with van der Waals surface area (Å²) in [5.41, 5.74) is 0.553. The molecule has 2 aromatic carbocycles. The maximum absolute atomic E-state index is 13.2. The fourth-order valence-corrected chi connectivity index (χ4v) is 3.72. The molecule has 13 heteroatoms. The number of carbonyl (C=O) groups is 1. The molecule has 166 valence electrons. The van der Waals surface area contributed by atoms with Gasteiger partial charge in [-0.1, -0.05) is 11.3 Å². The third-order valence-corrected chi connectivity index (χ3v) is 5.37. The number of anilines is 1. The van der Waals surface area contributed by atoms with E-state index in [1.165, 1.54) is 37.4 Å². The maximum atomic E-state index is 13.2. The first-order valence-electron chi connectivity index (χ1n) is 9.17. The molecule has 0 atom stereocenters. The van der Waals surface area contributed by atoms with Crippen LogP contribution in [0.25, 0.3) is 10.2 Å². The molecule has 4 rings (SSSR count). The fourth-order valence-electron chi connectivity index (χ4n) is 2.77. The van der Waals surface area contributed by atoms with E-state index < -0.39 is 21.6 Å². The second kappa shape index (κ2) is 8.84. The van der Waals surface area contributed by atoms with Crippen molar-refractivity contribution in [3.8, 4) is 5.75 Å². The Bertz CT molecular complexity index is 1390. The van der Waals surface area contributed by atoms with E-state index in [-0.39, 0.29) is 22.1 Å². The van der Waals surface area contributed by atoms with Gasteiger partial charge in [0.15, 0.2) is 5.76 Å². The first-order valence-corrected chi connectivity index (χ1v) is 9.99. The minimum absolute atomic E-state index is 0.0472. The third kappa shape index (κ3) is 4.52. The maximum Gasteiger partial charge on any atom is 0.433 e. The first kappa shape index (κ1) is 21.6. The van der Waals surface area contributed by atoms with Crippen LogP contribution in [0.4, 0.5) is 16.7 Å². The number of ether oxygens (including phenoxy) is 1. The average molecular weight is 467 g/mol. The van der Waals surface area contributed by atoms with Crippen LogP contribution in [0.1, 0.15) is 16.1 Å². The molecular formula is C20H13N5O7S. The molecule has 0 N–H and O–H groups in total. The predicted octanol–water partition coefficient (Wildman–Crippen LogP) is 4.40. The van der Waals surface area contributed by atoms with E-state index in [0.29, 0.717) is 11.3 Å². The summed E-state index contributed by atoms with van der Waals surface area (Å²) in [4.78, 5) is 38.1. The van der Waals surface area contributed by atoms with Crippen molar-refractivity contribution in [3.63, 3.8) is 0 Å². The summed E-state index contributed by atoms with van der Waals surface area (Å²) >= 11 is 1.16. The second-order valence-corrected chi connectivity index (χ2v) is 7.44. The Labute approximate surface area is 188 Å². The number of amides is 1. The lowest BCUT2D eigenvalue weighted by molar-refractivity contribution is -0.402. The van der Waals surface area contributed by atoms with Crippen molar-refractivity contribution in [2.24, 2.45) is 5.10 Å². The van der Waals surface area contributed by atoms with Crippen molar-refractivity contribution in [2.45, 2.75) is 0 Å². The van der Waals surface area contributed by atoms with Gasteiger partial charge in [0.05, 0.1) is 34.5 Å². The summed E-state index contributed by atoms with van der Waals surface area (Å²) in [7, 11) is 1.53. The van der Waals surface area contributed by atoms with Gasteiger partial charge in [0, 0.05) is 17.7 Å². The monoisotopic (exact) mass is 467 g/mol. The number of aromatic nitrogens is 1. The summed E-state index contributed by atoms with van der Waals surface area (Å²) in [6, 6.07) is 12.7. The van der Waals surface area contributed by atoms with Gasteiger partial charge in [-0.15, -0.1) is 0 Å². The van der Waals surface area contributed by atoms with Crippen LogP contribution in [0.2, 0.25) is 0 Å². The molecule has 4 aromatic rings. The summed E-state index contributed by atoms with van der Waals surface area (Å²) in [5.74, 6) is -0.437. The first-order chi connectivity index (χ1) is 15.9. The van der Waals surface area contributed by atoms with Crippen LogP contribution in [0.15, 0.2) is 64.1 Å². The van der Waals surface area contributed by atoms with E-state index in [2.05, 4.69) is 10.1 Å². The predicted molar refractivity (Wildman–Crippen MR) is 119 cm³/mol. The highest BCUT2D eigenvalue weighted by molar-refractivity contribution is 7.22. The van der Waals surface area contributed by atoms with Crippen LogP contribution in [0.3, 0.4) is 0 Å². The molecule has 0 fully saturated rings. The number of furan rings is 1. The number of hydrazone groups is 1. The molecule has 0 aliphatic heterocycles. The molecule has 0 saturated heterocycles. The lowest BCUT2D eigenvalue weighted by Crippen LogP contribution is -2.25. The molecular weight excluding hydrogens is 454 g/mol. The molecule has 2 aromatic heterocycles. The van der Waals surface area contributed by atoms with E-state index in [1.54, 1.807) is 18.2 Å². The number of non-ortho nitro benzene ring substituents is 1. The van der Waals surface area contributed by atoms with Gasteiger partial charge in [-0.05, 0) is 36.4 Å². The Morgan fingerprint density at radius 3 is 2.52 bits per heavy atom. The number of nitro benzene ring substituents is 1. The van der Waals surface area contributed by atoms with Gasteiger partial charge in [-0.2, -0.15) is 10.1 Å². The molecule has 12 nitrogen and oxygen atoms in total. The standard InChI is InChI=1S/C20H13N5O7S/c1-31-14-6-8-16-17(10-14)33-20(22-16)23(21-11-15-7-9-18(32-15)25(29)30)19(26)12-2-4-13(5-3-12)24(27)28/h2-11H,1H3/b21-11+. The van der Waals surface area contributed by atoms with E-state index in [1.807, 2.05) is 0 Å². The number of fused-ring (bicyclic) bond motifs is 1. The fraction of sp³-hybridized carbons (Fsp3) is 0.0500. The molecule has 2 heterocycles. The van der Waals surface area contributed by atoms with E-state index >= 15 is 0 Å². The quantitative estimate of drug-likeness (QED) is 0.220. The summed E-state index contributed by atoms with van der Waals surface area (Å²) in [5, 5.41) is 27.1. The van der Waals surface area contributed by atoms with Gasteiger partial charge >= 0.3 is 5.88 Å². The van der Waals surface area contributed by atoms with Crippen LogP contribution in [0, 0.1) is 20.2 Å². The molecule has 0 unspecified atom stereocenters. The molecule has 0 aliphatic rings. The molecule has 1 amide bonds. The molecule has 0 aliphatic carbocycles. The highest BCUT2D eigenvalue weighted by Gasteiger charge is 2.22. The molecule has 33 heavy (non-hydrogen) atoms. The van der Waals surface area contributed by atoms with Crippen LogP contribution in [-0.4, -0.2) is 34.1 Å². The molecule has 0 radical (unpaired) electrons. The van der Waals surface area contributed by atoms with Crippen molar-refractivity contribution in [3.05, 3.63) is 86.1 Å². The summed E-state index contributed by atoms with van der Waals surface area (Å²) < 4.78 is 11.0. The number of hydrogen-bond acceptors (Lipinski definition) is 10.